The maximum atomic E-state index is 9.30. The SMILES string of the molecule is [C-]#[N+]c1ccc2c(c1)C(C)(C)C(=CC=CC1=[N+](C)c3ccc(C#N)cc3C1(C)C)N2C. The first-order valence-corrected chi connectivity index (χ1v) is 10.4. The lowest BCUT2D eigenvalue weighted by atomic mass is 9.80. The molecule has 0 N–H and O–H groups in total. The third-order valence-corrected chi connectivity index (χ3v) is 6.82. The number of hydrogen-bond donors (Lipinski definition) is 0. The summed E-state index contributed by atoms with van der Waals surface area (Å²) in [6, 6.07) is 14.1. The molecular formula is C27H27N4+. The number of fused-ring (bicyclic) bond motifs is 2. The van der Waals surface area contributed by atoms with E-state index in [1.807, 2.05) is 36.4 Å². The molecule has 0 unspecified atom stereocenters. The molecule has 31 heavy (non-hydrogen) atoms. The lowest BCUT2D eigenvalue weighted by molar-refractivity contribution is -0.401. The fourth-order valence-electron chi connectivity index (χ4n) is 5.03. The van der Waals surface area contributed by atoms with Crippen LogP contribution < -0.4 is 4.90 Å². The molecule has 2 aliphatic heterocycles. The van der Waals surface area contributed by atoms with E-state index < -0.39 is 0 Å². The minimum Gasteiger partial charge on any atom is -0.347 e. The van der Waals surface area contributed by atoms with Crippen LogP contribution in [-0.4, -0.2) is 24.4 Å². The minimum absolute atomic E-state index is 0.179. The van der Waals surface area contributed by atoms with Gasteiger partial charge in [0, 0.05) is 41.6 Å². The number of hydrogen-bond acceptors (Lipinski definition) is 2. The number of anilines is 1. The maximum Gasteiger partial charge on any atom is 0.209 e. The van der Waals surface area contributed by atoms with Gasteiger partial charge >= 0.3 is 0 Å². The van der Waals surface area contributed by atoms with Gasteiger partial charge in [0.1, 0.15) is 7.05 Å². The Morgan fingerprint density at radius 3 is 2.48 bits per heavy atom. The number of nitriles is 1. The standard InChI is InChI=1S/C27H27N4/c1-26(2)20-15-18(17-28)11-13-22(20)30(6)24(26)9-8-10-25-27(3,4)21-16-19(29-5)12-14-23(21)31(25)7/h8-16H,1-4,6-7H3/q+1. The van der Waals surface area contributed by atoms with E-state index in [2.05, 4.69) is 80.4 Å². The summed E-state index contributed by atoms with van der Waals surface area (Å²) in [4.78, 5) is 5.82. The van der Waals surface area contributed by atoms with E-state index >= 15 is 0 Å². The van der Waals surface area contributed by atoms with E-state index in [0.29, 0.717) is 11.3 Å². The second-order valence-corrected chi connectivity index (χ2v) is 9.32. The second kappa shape index (κ2) is 6.96. The van der Waals surface area contributed by atoms with Gasteiger partial charge in [-0.2, -0.15) is 9.84 Å². The number of likely N-dealkylation sites (N-methyl/N-ethyl adjacent to an activating group) is 1. The van der Waals surface area contributed by atoms with Crippen molar-refractivity contribution in [2.45, 2.75) is 38.5 Å². The highest BCUT2D eigenvalue weighted by atomic mass is 15.2. The number of nitrogens with zero attached hydrogens (tertiary/aromatic N) is 4. The molecule has 4 heteroatoms. The Hall–Kier alpha value is -3.63. The molecule has 154 valence electrons. The molecule has 0 bridgehead atoms. The zero-order chi connectivity index (χ0) is 22.6. The van der Waals surface area contributed by atoms with Crippen molar-refractivity contribution >= 4 is 22.8 Å². The van der Waals surface area contributed by atoms with Gasteiger partial charge in [-0.1, -0.05) is 32.1 Å². The van der Waals surface area contributed by atoms with E-state index in [4.69, 9.17) is 6.57 Å². The number of rotatable bonds is 2. The van der Waals surface area contributed by atoms with E-state index in [1.54, 1.807) is 0 Å². The Morgan fingerprint density at radius 1 is 1.06 bits per heavy atom. The van der Waals surface area contributed by atoms with E-state index in [-0.39, 0.29) is 10.8 Å². The van der Waals surface area contributed by atoms with Gasteiger partial charge in [-0.3, -0.25) is 0 Å². The van der Waals surface area contributed by atoms with Crippen molar-refractivity contribution in [2.75, 3.05) is 19.0 Å². The summed E-state index contributed by atoms with van der Waals surface area (Å²) in [6.07, 6.45) is 6.48. The Bertz CT molecular complexity index is 1270. The zero-order valence-corrected chi connectivity index (χ0v) is 19.0. The van der Waals surface area contributed by atoms with Crippen molar-refractivity contribution < 1.29 is 4.58 Å². The van der Waals surface area contributed by atoms with Crippen LogP contribution in [0.4, 0.5) is 17.1 Å². The molecule has 0 aromatic heterocycles. The maximum absolute atomic E-state index is 9.30. The van der Waals surface area contributed by atoms with Gasteiger partial charge in [-0.25, -0.2) is 4.85 Å². The van der Waals surface area contributed by atoms with Crippen LogP contribution in [0.3, 0.4) is 0 Å². The second-order valence-electron chi connectivity index (χ2n) is 9.32. The van der Waals surface area contributed by atoms with Gasteiger partial charge in [0.2, 0.25) is 5.69 Å². The Kier molecular flexibility index (Phi) is 4.64. The zero-order valence-electron chi connectivity index (χ0n) is 19.0. The van der Waals surface area contributed by atoms with Crippen molar-refractivity contribution in [2.24, 2.45) is 0 Å². The van der Waals surface area contributed by atoms with E-state index in [0.717, 1.165) is 11.4 Å². The van der Waals surface area contributed by atoms with Crippen LogP contribution in [0.1, 0.15) is 44.4 Å². The summed E-state index contributed by atoms with van der Waals surface area (Å²) in [5.74, 6) is 0. The third kappa shape index (κ3) is 2.99. The van der Waals surface area contributed by atoms with Gasteiger partial charge in [0.05, 0.1) is 23.6 Å². The van der Waals surface area contributed by atoms with Crippen LogP contribution in [-0.2, 0) is 10.8 Å². The van der Waals surface area contributed by atoms with Crippen LogP contribution in [0.25, 0.3) is 4.85 Å². The largest absolute Gasteiger partial charge is 0.347 e. The fourth-order valence-corrected chi connectivity index (χ4v) is 5.03. The number of benzene rings is 2. The van der Waals surface area contributed by atoms with Crippen molar-refractivity contribution in [1.82, 2.24) is 0 Å². The smallest absolute Gasteiger partial charge is 0.209 e. The van der Waals surface area contributed by atoms with Crippen LogP contribution in [0, 0.1) is 17.9 Å². The molecule has 2 aliphatic rings. The lowest BCUT2D eigenvalue weighted by Gasteiger charge is -2.23. The first-order valence-electron chi connectivity index (χ1n) is 10.4. The Balaban J connectivity index is 1.71. The molecule has 0 aliphatic carbocycles. The van der Waals surface area contributed by atoms with Crippen molar-refractivity contribution in [3.8, 4) is 6.07 Å². The highest BCUT2D eigenvalue weighted by Crippen LogP contribution is 2.48. The minimum atomic E-state index is -0.184. The van der Waals surface area contributed by atoms with Crippen LogP contribution >= 0.6 is 0 Å². The number of allylic oxidation sites excluding steroid dienone is 4. The van der Waals surface area contributed by atoms with Gasteiger partial charge in [-0.05, 0) is 43.7 Å². The molecule has 2 aromatic carbocycles. The predicted octanol–water partition coefficient (Wildman–Crippen LogP) is 5.98. The fraction of sp³-hybridized carbons (Fsp3) is 0.296. The van der Waals surface area contributed by atoms with Gasteiger partial charge in [0.25, 0.3) is 0 Å². The highest BCUT2D eigenvalue weighted by Gasteiger charge is 2.43. The van der Waals surface area contributed by atoms with E-state index in [9.17, 15) is 5.26 Å². The van der Waals surface area contributed by atoms with Gasteiger partial charge < -0.3 is 4.90 Å². The quantitative estimate of drug-likeness (QED) is 0.453. The van der Waals surface area contributed by atoms with Crippen LogP contribution in [0.2, 0.25) is 0 Å². The first-order chi connectivity index (χ1) is 14.6. The molecular weight excluding hydrogens is 380 g/mol. The molecule has 0 spiro atoms. The third-order valence-electron chi connectivity index (χ3n) is 6.82. The molecule has 2 aromatic rings. The summed E-state index contributed by atoms with van der Waals surface area (Å²) < 4.78 is 2.21. The summed E-state index contributed by atoms with van der Waals surface area (Å²) in [5.41, 5.74) is 8.06. The van der Waals surface area contributed by atoms with Crippen molar-refractivity contribution in [3.63, 3.8) is 0 Å². The van der Waals surface area contributed by atoms with Gasteiger partial charge in [-0.15, -0.1) is 0 Å². The molecule has 0 fully saturated rings. The van der Waals surface area contributed by atoms with Crippen LogP contribution in [0.15, 0.2) is 60.3 Å². The topological polar surface area (TPSA) is 34.4 Å². The summed E-state index contributed by atoms with van der Waals surface area (Å²) in [5, 5.41) is 9.30. The highest BCUT2D eigenvalue weighted by molar-refractivity contribution is 6.03. The molecule has 0 saturated carbocycles. The average molecular weight is 408 g/mol. The molecule has 0 saturated heterocycles. The summed E-state index contributed by atoms with van der Waals surface area (Å²) >= 11 is 0. The predicted molar refractivity (Wildman–Crippen MR) is 126 cm³/mol. The summed E-state index contributed by atoms with van der Waals surface area (Å²) in [6.45, 7) is 16.2. The molecule has 0 radical (unpaired) electrons. The first kappa shape index (κ1) is 20.6. The van der Waals surface area contributed by atoms with Crippen molar-refractivity contribution in [1.29, 1.82) is 5.26 Å². The Labute approximate surface area is 184 Å². The Morgan fingerprint density at radius 2 is 1.81 bits per heavy atom. The monoisotopic (exact) mass is 407 g/mol. The molecule has 4 nitrogen and oxygen atoms in total. The molecule has 4 rings (SSSR count). The van der Waals surface area contributed by atoms with Gasteiger partial charge in [0.15, 0.2) is 11.4 Å². The molecule has 0 atom stereocenters. The molecule has 0 amide bonds. The van der Waals surface area contributed by atoms with Crippen LogP contribution in [0.5, 0.6) is 0 Å². The molecule has 2 heterocycles. The van der Waals surface area contributed by atoms with E-state index in [1.165, 1.54) is 22.5 Å². The van der Waals surface area contributed by atoms with Crippen molar-refractivity contribution in [3.05, 3.63) is 88.4 Å². The summed E-state index contributed by atoms with van der Waals surface area (Å²) in [7, 11) is 4.17. The lowest BCUT2D eigenvalue weighted by Crippen LogP contribution is -2.26. The normalized spacial score (nSPS) is 19.5. The average Bonchev–Trinajstić information content (AvgIpc) is 3.06.